The molecule has 31 heavy (non-hydrogen) atoms. The molecule has 4 heteroatoms. The van der Waals surface area contributed by atoms with E-state index in [4.69, 9.17) is 9.47 Å². The molecule has 1 aromatic carbocycles. The van der Waals surface area contributed by atoms with Crippen LogP contribution in [0, 0.1) is 18.8 Å². The summed E-state index contributed by atoms with van der Waals surface area (Å²) in [5, 5.41) is 0. The number of esters is 2. The SMILES string of the molecule is Cc1cccc(C(=O)OCCCCCCC(C)C)c1C(=O)OCCCCCCC(C)C. The molecule has 0 fully saturated rings. The Balaban J connectivity index is 2.43. The van der Waals surface area contributed by atoms with Crippen molar-refractivity contribution in [1.82, 2.24) is 0 Å². The molecule has 0 heterocycles. The fourth-order valence-electron chi connectivity index (χ4n) is 3.60. The second kappa shape index (κ2) is 15.9. The van der Waals surface area contributed by atoms with Crippen LogP contribution >= 0.6 is 0 Å². The Hall–Kier alpha value is -1.84. The predicted octanol–water partition coefficient (Wildman–Crippen LogP) is 7.52. The van der Waals surface area contributed by atoms with Crippen molar-refractivity contribution in [3.63, 3.8) is 0 Å². The van der Waals surface area contributed by atoms with Gasteiger partial charge in [-0.05, 0) is 43.2 Å². The van der Waals surface area contributed by atoms with Crippen LogP contribution in [0.15, 0.2) is 18.2 Å². The maximum Gasteiger partial charge on any atom is 0.339 e. The number of ether oxygens (including phenoxy) is 2. The summed E-state index contributed by atoms with van der Waals surface area (Å²) in [6.07, 6.45) is 11.1. The topological polar surface area (TPSA) is 52.6 Å². The van der Waals surface area contributed by atoms with Gasteiger partial charge >= 0.3 is 11.9 Å². The zero-order chi connectivity index (χ0) is 23.1. The highest BCUT2D eigenvalue weighted by molar-refractivity contribution is 6.04. The van der Waals surface area contributed by atoms with Crippen molar-refractivity contribution in [2.24, 2.45) is 11.8 Å². The molecule has 0 radical (unpaired) electrons. The minimum atomic E-state index is -0.438. The Bertz CT molecular complexity index is 649. The summed E-state index contributed by atoms with van der Waals surface area (Å²) >= 11 is 0. The lowest BCUT2D eigenvalue weighted by molar-refractivity contribution is 0.0449. The van der Waals surface area contributed by atoms with Gasteiger partial charge in [-0.25, -0.2) is 9.59 Å². The summed E-state index contributed by atoms with van der Waals surface area (Å²) in [5.41, 5.74) is 1.39. The Morgan fingerprint density at radius 2 is 1.19 bits per heavy atom. The number of unbranched alkanes of at least 4 members (excludes halogenated alkanes) is 6. The van der Waals surface area contributed by atoms with E-state index in [2.05, 4.69) is 27.7 Å². The molecular weight excluding hydrogens is 388 g/mol. The normalized spacial score (nSPS) is 11.2. The van der Waals surface area contributed by atoms with E-state index in [1.165, 1.54) is 25.7 Å². The van der Waals surface area contributed by atoms with Gasteiger partial charge in [-0.15, -0.1) is 0 Å². The van der Waals surface area contributed by atoms with Gasteiger partial charge in [-0.3, -0.25) is 0 Å². The molecule has 1 aromatic rings. The number of hydrogen-bond acceptors (Lipinski definition) is 4. The average Bonchev–Trinajstić information content (AvgIpc) is 2.71. The molecule has 0 N–H and O–H groups in total. The summed E-state index contributed by atoms with van der Waals surface area (Å²) in [7, 11) is 0. The maximum atomic E-state index is 12.6. The molecule has 0 atom stereocenters. The van der Waals surface area contributed by atoms with Gasteiger partial charge in [-0.2, -0.15) is 0 Å². The van der Waals surface area contributed by atoms with Gasteiger partial charge < -0.3 is 9.47 Å². The van der Waals surface area contributed by atoms with Crippen LogP contribution in [-0.4, -0.2) is 25.2 Å². The third-order valence-corrected chi connectivity index (χ3v) is 5.51. The second-order valence-electron chi connectivity index (χ2n) is 9.46. The third-order valence-electron chi connectivity index (χ3n) is 5.51. The lowest BCUT2D eigenvalue weighted by Crippen LogP contribution is -2.16. The highest BCUT2D eigenvalue weighted by Gasteiger charge is 2.21. The molecule has 0 aliphatic carbocycles. The molecule has 0 spiro atoms. The highest BCUT2D eigenvalue weighted by atomic mass is 16.5. The van der Waals surface area contributed by atoms with Gasteiger partial charge in [0.1, 0.15) is 0 Å². The van der Waals surface area contributed by atoms with Gasteiger partial charge in [0.15, 0.2) is 0 Å². The summed E-state index contributed by atoms with van der Waals surface area (Å²) < 4.78 is 10.9. The van der Waals surface area contributed by atoms with Crippen molar-refractivity contribution in [3.8, 4) is 0 Å². The number of aryl methyl sites for hydroxylation is 1. The molecule has 0 unspecified atom stereocenters. The Kier molecular flexibility index (Phi) is 13.9. The van der Waals surface area contributed by atoms with Crippen molar-refractivity contribution < 1.29 is 19.1 Å². The number of carbonyl (C=O) groups excluding carboxylic acids is 2. The van der Waals surface area contributed by atoms with Gasteiger partial charge in [0, 0.05) is 0 Å². The van der Waals surface area contributed by atoms with Crippen molar-refractivity contribution in [2.75, 3.05) is 13.2 Å². The number of hydrogen-bond donors (Lipinski definition) is 0. The van der Waals surface area contributed by atoms with Crippen LogP contribution in [0.3, 0.4) is 0 Å². The van der Waals surface area contributed by atoms with E-state index in [-0.39, 0.29) is 0 Å². The molecule has 0 saturated carbocycles. The van der Waals surface area contributed by atoms with E-state index in [1.807, 2.05) is 13.0 Å². The lowest BCUT2D eigenvalue weighted by Gasteiger charge is -2.12. The third kappa shape index (κ3) is 11.9. The highest BCUT2D eigenvalue weighted by Crippen LogP contribution is 2.18. The van der Waals surface area contributed by atoms with Gasteiger partial charge in [-0.1, -0.05) is 91.2 Å². The van der Waals surface area contributed by atoms with Crippen LogP contribution in [0.25, 0.3) is 0 Å². The van der Waals surface area contributed by atoms with Crippen molar-refractivity contribution >= 4 is 11.9 Å². The molecule has 0 aliphatic heterocycles. The summed E-state index contributed by atoms with van der Waals surface area (Å²) in [4.78, 5) is 25.2. The molecule has 4 nitrogen and oxygen atoms in total. The Morgan fingerprint density at radius 1 is 0.710 bits per heavy atom. The fraction of sp³-hybridized carbons (Fsp3) is 0.704. The standard InChI is InChI=1S/C27H44O4/c1-21(2)15-10-6-8-12-19-30-26(28)24-18-14-17-23(5)25(24)27(29)31-20-13-9-7-11-16-22(3)4/h14,17-18,21-22H,6-13,15-16,19-20H2,1-5H3. The van der Waals surface area contributed by atoms with E-state index >= 15 is 0 Å². The van der Waals surface area contributed by atoms with Crippen LogP contribution in [-0.2, 0) is 9.47 Å². The first-order chi connectivity index (χ1) is 14.8. The first-order valence-corrected chi connectivity index (χ1v) is 12.3. The predicted molar refractivity (Wildman–Crippen MR) is 128 cm³/mol. The molecule has 0 aromatic heterocycles. The summed E-state index contributed by atoms with van der Waals surface area (Å²) in [6.45, 7) is 11.6. The van der Waals surface area contributed by atoms with E-state index in [0.717, 1.165) is 55.9 Å². The first-order valence-electron chi connectivity index (χ1n) is 12.3. The van der Waals surface area contributed by atoms with E-state index in [1.54, 1.807) is 12.1 Å². The van der Waals surface area contributed by atoms with Crippen molar-refractivity contribution in [2.45, 2.75) is 98.8 Å². The van der Waals surface area contributed by atoms with Crippen molar-refractivity contribution in [1.29, 1.82) is 0 Å². The van der Waals surface area contributed by atoms with Crippen LogP contribution < -0.4 is 0 Å². The molecular formula is C27H44O4. The average molecular weight is 433 g/mol. The maximum absolute atomic E-state index is 12.6. The number of carbonyl (C=O) groups is 2. The first kappa shape index (κ1) is 27.2. The number of rotatable bonds is 16. The molecule has 0 amide bonds. The monoisotopic (exact) mass is 432 g/mol. The van der Waals surface area contributed by atoms with Crippen molar-refractivity contribution in [3.05, 3.63) is 34.9 Å². The lowest BCUT2D eigenvalue weighted by atomic mass is 10.0. The largest absolute Gasteiger partial charge is 0.462 e. The zero-order valence-electron chi connectivity index (χ0n) is 20.5. The minimum Gasteiger partial charge on any atom is -0.462 e. The van der Waals surface area contributed by atoms with Crippen LogP contribution in [0.5, 0.6) is 0 Å². The zero-order valence-corrected chi connectivity index (χ0v) is 20.5. The van der Waals surface area contributed by atoms with E-state index in [9.17, 15) is 9.59 Å². The second-order valence-corrected chi connectivity index (χ2v) is 9.46. The molecule has 176 valence electrons. The van der Waals surface area contributed by atoms with Gasteiger partial charge in [0.25, 0.3) is 0 Å². The Morgan fingerprint density at radius 3 is 1.71 bits per heavy atom. The molecule has 0 saturated heterocycles. The quantitative estimate of drug-likeness (QED) is 0.200. The van der Waals surface area contributed by atoms with Crippen LogP contribution in [0.1, 0.15) is 118 Å². The molecule has 0 aliphatic rings. The smallest absolute Gasteiger partial charge is 0.339 e. The van der Waals surface area contributed by atoms with E-state index in [0.29, 0.717) is 24.3 Å². The van der Waals surface area contributed by atoms with Crippen LogP contribution in [0.4, 0.5) is 0 Å². The molecule has 1 rings (SSSR count). The van der Waals surface area contributed by atoms with Gasteiger partial charge in [0.05, 0.1) is 24.3 Å². The van der Waals surface area contributed by atoms with Gasteiger partial charge in [0.2, 0.25) is 0 Å². The van der Waals surface area contributed by atoms with Crippen LogP contribution in [0.2, 0.25) is 0 Å². The minimum absolute atomic E-state index is 0.307. The van der Waals surface area contributed by atoms with E-state index < -0.39 is 11.9 Å². The number of benzene rings is 1. The molecule has 0 bridgehead atoms. The Labute approximate surface area is 190 Å². The summed E-state index contributed by atoms with van der Waals surface area (Å²) in [6, 6.07) is 5.26. The summed E-state index contributed by atoms with van der Waals surface area (Å²) in [5.74, 6) is 0.608. The fourth-order valence-corrected chi connectivity index (χ4v) is 3.60.